The summed E-state index contributed by atoms with van der Waals surface area (Å²) in [6, 6.07) is 0. The molecule has 124 valence electrons. The summed E-state index contributed by atoms with van der Waals surface area (Å²) in [6.07, 6.45) is 21.1. The van der Waals surface area contributed by atoms with Crippen molar-refractivity contribution in [2.24, 2.45) is 0 Å². The van der Waals surface area contributed by atoms with Crippen LogP contribution in [-0.2, 0) is 9.68 Å². The van der Waals surface area contributed by atoms with Crippen LogP contribution in [0, 0.1) is 0 Å². The van der Waals surface area contributed by atoms with Crippen molar-refractivity contribution >= 4 is 5.97 Å². The van der Waals surface area contributed by atoms with Gasteiger partial charge in [-0.05, 0) is 32.1 Å². The Labute approximate surface area is 130 Å². The van der Waals surface area contributed by atoms with Gasteiger partial charge in [-0.15, -0.1) is 0 Å². The molecule has 0 saturated carbocycles. The number of rotatable bonds is 15. The Morgan fingerprint density at radius 2 is 1.29 bits per heavy atom. The van der Waals surface area contributed by atoms with Crippen molar-refractivity contribution in [2.45, 2.75) is 96.8 Å². The van der Waals surface area contributed by atoms with Gasteiger partial charge >= 0.3 is 5.97 Å². The molecule has 0 aromatic carbocycles. The first-order valence-electron chi connectivity index (χ1n) is 8.80. The lowest BCUT2D eigenvalue weighted by Crippen LogP contribution is -1.99. The van der Waals surface area contributed by atoms with E-state index in [0.29, 0.717) is 6.42 Å². The van der Waals surface area contributed by atoms with Gasteiger partial charge in [0.25, 0.3) is 0 Å². The molecule has 3 heteroatoms. The Morgan fingerprint density at radius 3 is 1.81 bits per heavy atom. The molecule has 0 spiro atoms. The fraction of sp³-hybridized carbons (Fsp3) is 0.833. The van der Waals surface area contributed by atoms with E-state index in [2.05, 4.69) is 24.0 Å². The van der Waals surface area contributed by atoms with Crippen LogP contribution in [0.1, 0.15) is 96.8 Å². The van der Waals surface area contributed by atoms with E-state index in [9.17, 15) is 4.79 Å². The van der Waals surface area contributed by atoms with Crippen molar-refractivity contribution in [3.63, 3.8) is 0 Å². The molecule has 0 aliphatic carbocycles. The van der Waals surface area contributed by atoms with Crippen LogP contribution in [0.15, 0.2) is 12.2 Å². The van der Waals surface area contributed by atoms with E-state index in [-0.39, 0.29) is 0 Å². The summed E-state index contributed by atoms with van der Waals surface area (Å²) < 4.78 is 0. The molecule has 0 aromatic rings. The van der Waals surface area contributed by atoms with Gasteiger partial charge in [-0.25, -0.2) is 4.79 Å². The lowest BCUT2D eigenvalue weighted by atomic mass is 10.1. The van der Waals surface area contributed by atoms with Crippen molar-refractivity contribution in [1.82, 2.24) is 0 Å². The summed E-state index contributed by atoms with van der Waals surface area (Å²) in [5.41, 5.74) is 0. The zero-order chi connectivity index (χ0) is 15.6. The average Bonchev–Trinajstić information content (AvgIpc) is 2.50. The van der Waals surface area contributed by atoms with Gasteiger partial charge in [0, 0.05) is 6.42 Å². The number of carbonyl (C=O) groups is 1. The summed E-state index contributed by atoms with van der Waals surface area (Å²) >= 11 is 0. The molecular formula is C18H34O3. The van der Waals surface area contributed by atoms with E-state index in [1.54, 1.807) is 0 Å². The third kappa shape index (κ3) is 17.1. The zero-order valence-electron chi connectivity index (χ0n) is 13.8. The van der Waals surface area contributed by atoms with Crippen molar-refractivity contribution in [3.8, 4) is 0 Å². The molecule has 0 aliphatic rings. The Hall–Kier alpha value is -0.830. The Kier molecular flexibility index (Phi) is 16.5. The minimum absolute atomic E-state index is 0.328. The fourth-order valence-electron chi connectivity index (χ4n) is 2.39. The second-order valence-electron chi connectivity index (χ2n) is 5.80. The predicted octanol–water partition coefficient (Wildman–Crippen LogP) is 6.04. The van der Waals surface area contributed by atoms with E-state index >= 15 is 0 Å². The predicted molar refractivity (Wildman–Crippen MR) is 88.2 cm³/mol. The van der Waals surface area contributed by atoms with Gasteiger partial charge in [0.2, 0.25) is 0 Å². The summed E-state index contributed by atoms with van der Waals surface area (Å²) in [5.74, 6) is -0.521. The molecule has 0 saturated heterocycles. The minimum Gasteiger partial charge on any atom is -0.301 e. The second kappa shape index (κ2) is 17.2. The average molecular weight is 298 g/mol. The largest absolute Gasteiger partial charge is 0.342 e. The van der Waals surface area contributed by atoms with Crippen molar-refractivity contribution in [3.05, 3.63) is 12.2 Å². The molecule has 0 unspecified atom stereocenters. The Balaban J connectivity index is 3.10. The Morgan fingerprint density at radius 1 is 0.810 bits per heavy atom. The maximum absolute atomic E-state index is 10.7. The van der Waals surface area contributed by atoms with E-state index in [1.165, 1.54) is 64.2 Å². The highest BCUT2D eigenvalue weighted by Gasteiger charge is 2.00. The molecule has 0 aromatic heterocycles. The highest BCUT2D eigenvalue weighted by molar-refractivity contribution is 5.68. The van der Waals surface area contributed by atoms with Crippen molar-refractivity contribution in [1.29, 1.82) is 0 Å². The zero-order valence-corrected chi connectivity index (χ0v) is 13.8. The van der Waals surface area contributed by atoms with Crippen LogP contribution in [0.25, 0.3) is 0 Å². The van der Waals surface area contributed by atoms with Crippen LogP contribution in [0.5, 0.6) is 0 Å². The molecule has 0 bridgehead atoms. The molecule has 0 amide bonds. The minimum atomic E-state index is -0.521. The van der Waals surface area contributed by atoms with Gasteiger partial charge in [0.15, 0.2) is 0 Å². The topological polar surface area (TPSA) is 46.5 Å². The van der Waals surface area contributed by atoms with E-state index < -0.39 is 5.97 Å². The lowest BCUT2D eigenvalue weighted by Gasteiger charge is -1.99. The maximum atomic E-state index is 10.7. The van der Waals surface area contributed by atoms with Gasteiger partial charge in [-0.2, -0.15) is 5.26 Å². The fourth-order valence-corrected chi connectivity index (χ4v) is 2.39. The smallest absolute Gasteiger partial charge is 0.301 e. The number of hydrogen-bond donors (Lipinski definition) is 1. The highest BCUT2D eigenvalue weighted by Crippen LogP contribution is 2.10. The van der Waals surface area contributed by atoms with E-state index in [4.69, 9.17) is 5.26 Å². The standard InChI is InChI=1S/C18H34O3/c1-2-3-4-5-6-7-8-9-10-11-12-13-14-15-16-17-18(19)21-20/h9-10,20H,2-8,11-17H2,1H3/b10-9-. The summed E-state index contributed by atoms with van der Waals surface area (Å²) in [6.45, 7) is 2.26. The molecule has 0 heterocycles. The number of hydrogen-bond acceptors (Lipinski definition) is 3. The number of unbranched alkanes of at least 4 members (excludes halogenated alkanes) is 11. The van der Waals surface area contributed by atoms with Crippen LogP contribution in [0.2, 0.25) is 0 Å². The van der Waals surface area contributed by atoms with Gasteiger partial charge in [0.05, 0.1) is 0 Å². The molecular weight excluding hydrogens is 264 g/mol. The van der Waals surface area contributed by atoms with Crippen molar-refractivity contribution < 1.29 is 14.9 Å². The van der Waals surface area contributed by atoms with Gasteiger partial charge in [-0.3, -0.25) is 0 Å². The molecule has 0 atom stereocenters. The SMILES string of the molecule is CCCCCCCC/C=C\CCCCCCCC(=O)OO. The van der Waals surface area contributed by atoms with Crippen LogP contribution < -0.4 is 0 Å². The molecule has 1 N–H and O–H groups in total. The molecule has 0 rings (SSSR count). The molecule has 3 nitrogen and oxygen atoms in total. The lowest BCUT2D eigenvalue weighted by molar-refractivity contribution is -0.234. The molecule has 0 aliphatic heterocycles. The third-order valence-corrected chi connectivity index (χ3v) is 3.74. The van der Waals surface area contributed by atoms with Crippen LogP contribution in [0.4, 0.5) is 0 Å². The van der Waals surface area contributed by atoms with Crippen LogP contribution in [0.3, 0.4) is 0 Å². The monoisotopic (exact) mass is 298 g/mol. The van der Waals surface area contributed by atoms with E-state index in [0.717, 1.165) is 19.3 Å². The van der Waals surface area contributed by atoms with Crippen molar-refractivity contribution in [2.75, 3.05) is 0 Å². The van der Waals surface area contributed by atoms with E-state index in [1.807, 2.05) is 0 Å². The van der Waals surface area contributed by atoms with Gasteiger partial charge < -0.3 is 4.89 Å². The first-order valence-corrected chi connectivity index (χ1v) is 8.80. The summed E-state index contributed by atoms with van der Waals surface area (Å²) in [7, 11) is 0. The first-order chi connectivity index (χ1) is 10.3. The molecule has 21 heavy (non-hydrogen) atoms. The summed E-state index contributed by atoms with van der Waals surface area (Å²) in [4.78, 5) is 14.3. The normalized spacial score (nSPS) is 11.1. The molecule has 0 radical (unpaired) electrons. The number of carbonyl (C=O) groups excluding carboxylic acids is 1. The van der Waals surface area contributed by atoms with Crippen LogP contribution in [-0.4, -0.2) is 11.2 Å². The Bertz CT molecular complexity index is 249. The quantitative estimate of drug-likeness (QED) is 0.173. The van der Waals surface area contributed by atoms with Gasteiger partial charge in [0.1, 0.15) is 0 Å². The first kappa shape index (κ1) is 20.2. The molecule has 0 fully saturated rings. The maximum Gasteiger partial charge on any atom is 0.342 e. The highest BCUT2D eigenvalue weighted by atomic mass is 17.1. The number of allylic oxidation sites excluding steroid dienone is 2. The summed E-state index contributed by atoms with van der Waals surface area (Å²) in [5, 5.41) is 8.09. The van der Waals surface area contributed by atoms with Crippen LogP contribution >= 0.6 is 0 Å². The third-order valence-electron chi connectivity index (χ3n) is 3.74. The second-order valence-corrected chi connectivity index (χ2v) is 5.80. The van der Waals surface area contributed by atoms with Gasteiger partial charge in [-0.1, -0.05) is 70.4 Å².